The molecule has 0 aliphatic rings. The van der Waals surface area contributed by atoms with Crippen LogP contribution in [0.25, 0.3) is 10.4 Å². The number of azide groups is 1. The van der Waals surface area contributed by atoms with Crippen LogP contribution in [0.5, 0.6) is 0 Å². The van der Waals surface area contributed by atoms with Gasteiger partial charge in [0.25, 0.3) is 0 Å². The van der Waals surface area contributed by atoms with E-state index in [1.54, 1.807) is 0 Å². The minimum atomic E-state index is -1.45. The van der Waals surface area contributed by atoms with Gasteiger partial charge in [-0.05, 0) is 5.53 Å². The van der Waals surface area contributed by atoms with Gasteiger partial charge in [-0.3, -0.25) is 0 Å². The topological polar surface area (TPSA) is 48.8 Å². The van der Waals surface area contributed by atoms with E-state index in [0.29, 0.717) is 0 Å². The first kappa shape index (κ1) is 8.18. The number of hydrogen-bond donors (Lipinski definition) is 0. The second-order valence-electron chi connectivity index (χ2n) is 1.00. The van der Waals surface area contributed by atoms with Gasteiger partial charge in [-0.25, -0.2) is 0 Å². The van der Waals surface area contributed by atoms with Crippen molar-refractivity contribution in [1.82, 2.24) is 0 Å². The van der Waals surface area contributed by atoms with E-state index in [1.807, 2.05) is 0 Å². The van der Waals surface area contributed by atoms with Crippen LogP contribution in [0.1, 0.15) is 0 Å². The van der Waals surface area contributed by atoms with E-state index in [0.717, 1.165) is 0 Å². The van der Waals surface area contributed by atoms with Gasteiger partial charge in [0.15, 0.2) is 3.79 Å². The van der Waals surface area contributed by atoms with Crippen molar-refractivity contribution >= 4 is 34.8 Å². The van der Waals surface area contributed by atoms with Crippen LogP contribution in [-0.4, -0.2) is 10.3 Å². The van der Waals surface area contributed by atoms with Crippen molar-refractivity contribution in [2.75, 3.05) is 6.54 Å². The highest BCUT2D eigenvalue weighted by Gasteiger charge is 2.16. The van der Waals surface area contributed by atoms with Crippen molar-refractivity contribution in [2.45, 2.75) is 3.79 Å². The molecule has 0 unspecified atom stereocenters. The Hall–Kier alpha value is 0.180. The molecular formula is C2H2Cl3N3. The molecule has 0 radical (unpaired) electrons. The van der Waals surface area contributed by atoms with Crippen LogP contribution >= 0.6 is 34.8 Å². The standard InChI is InChI=1S/C2H2Cl3N3/c3-2(4,5)1-7-8-6/h1H2. The fourth-order valence-electron chi connectivity index (χ4n) is 0.112. The van der Waals surface area contributed by atoms with Crippen LogP contribution in [0.3, 0.4) is 0 Å². The number of rotatable bonds is 1. The van der Waals surface area contributed by atoms with Crippen LogP contribution in [0, 0.1) is 0 Å². The van der Waals surface area contributed by atoms with Crippen molar-refractivity contribution in [2.24, 2.45) is 5.11 Å². The molecule has 0 N–H and O–H groups in total. The quantitative estimate of drug-likeness (QED) is 0.254. The second kappa shape index (κ2) is 3.25. The summed E-state index contributed by atoms with van der Waals surface area (Å²) in [5, 5.41) is 3.03. The summed E-state index contributed by atoms with van der Waals surface area (Å²) < 4.78 is -1.45. The van der Waals surface area contributed by atoms with Crippen LogP contribution in [0.4, 0.5) is 0 Å². The van der Waals surface area contributed by atoms with Gasteiger partial charge in [0.1, 0.15) is 0 Å². The van der Waals surface area contributed by atoms with E-state index >= 15 is 0 Å². The van der Waals surface area contributed by atoms with E-state index in [4.69, 9.17) is 40.3 Å². The Kier molecular flexibility index (Phi) is 3.33. The van der Waals surface area contributed by atoms with Gasteiger partial charge in [-0.15, -0.1) is 0 Å². The Labute approximate surface area is 61.1 Å². The normalized spacial score (nSPS) is 10.4. The van der Waals surface area contributed by atoms with Crippen LogP contribution in [0.15, 0.2) is 5.11 Å². The van der Waals surface area contributed by atoms with Gasteiger partial charge in [-0.1, -0.05) is 39.9 Å². The third-order valence-corrected chi connectivity index (χ3v) is 0.672. The highest BCUT2D eigenvalue weighted by atomic mass is 35.6. The maximum absolute atomic E-state index is 7.71. The van der Waals surface area contributed by atoms with Gasteiger partial charge < -0.3 is 0 Å². The molecule has 8 heavy (non-hydrogen) atoms. The molecule has 0 aliphatic carbocycles. The van der Waals surface area contributed by atoms with Crippen molar-refractivity contribution in [1.29, 1.82) is 0 Å². The minimum absolute atomic E-state index is 0.131. The van der Waals surface area contributed by atoms with Crippen molar-refractivity contribution < 1.29 is 0 Å². The number of alkyl halides is 3. The van der Waals surface area contributed by atoms with Crippen LogP contribution in [0.2, 0.25) is 0 Å². The molecule has 3 nitrogen and oxygen atoms in total. The lowest BCUT2D eigenvalue weighted by Gasteiger charge is -2.02. The summed E-state index contributed by atoms with van der Waals surface area (Å²) in [4.78, 5) is 2.39. The van der Waals surface area contributed by atoms with Gasteiger partial charge >= 0.3 is 0 Å². The SMILES string of the molecule is [N-]=[N+]=NCC(Cl)(Cl)Cl. The summed E-state index contributed by atoms with van der Waals surface area (Å²) in [5.41, 5.74) is 7.71. The zero-order chi connectivity index (χ0) is 6.62. The summed E-state index contributed by atoms with van der Waals surface area (Å²) in [6.45, 7) is -0.131. The van der Waals surface area contributed by atoms with E-state index in [9.17, 15) is 0 Å². The summed E-state index contributed by atoms with van der Waals surface area (Å²) in [7, 11) is 0. The van der Waals surface area contributed by atoms with E-state index in [1.165, 1.54) is 0 Å². The lowest BCUT2D eigenvalue weighted by molar-refractivity contribution is 1.01. The molecule has 0 spiro atoms. The molecule has 6 heteroatoms. The zero-order valence-electron chi connectivity index (χ0n) is 3.68. The molecule has 46 valence electrons. The van der Waals surface area contributed by atoms with Crippen molar-refractivity contribution in [3.8, 4) is 0 Å². The molecule has 0 atom stereocenters. The maximum Gasteiger partial charge on any atom is 0.196 e. The van der Waals surface area contributed by atoms with Crippen LogP contribution in [-0.2, 0) is 0 Å². The fraction of sp³-hybridized carbons (Fsp3) is 1.00. The van der Waals surface area contributed by atoms with Crippen LogP contribution < -0.4 is 0 Å². The third kappa shape index (κ3) is 6.18. The van der Waals surface area contributed by atoms with Crippen molar-refractivity contribution in [3.05, 3.63) is 10.4 Å². The molecule has 0 heterocycles. The summed E-state index contributed by atoms with van der Waals surface area (Å²) in [6.07, 6.45) is 0. The highest BCUT2D eigenvalue weighted by molar-refractivity contribution is 6.67. The second-order valence-corrected chi connectivity index (χ2v) is 3.52. The van der Waals surface area contributed by atoms with E-state index in [-0.39, 0.29) is 6.54 Å². The Morgan fingerprint density at radius 1 is 1.50 bits per heavy atom. The Balaban J connectivity index is 3.55. The zero-order valence-corrected chi connectivity index (χ0v) is 5.95. The molecule has 0 aromatic rings. The first-order chi connectivity index (χ1) is 3.56. The molecule has 0 bridgehead atoms. The average molecular weight is 174 g/mol. The first-order valence-electron chi connectivity index (χ1n) is 1.64. The maximum atomic E-state index is 7.71. The molecule has 0 aliphatic heterocycles. The number of hydrogen-bond acceptors (Lipinski definition) is 1. The Bertz CT molecular complexity index is 110. The smallest absolute Gasteiger partial charge is 0.0895 e. The molecule has 0 aromatic carbocycles. The van der Waals surface area contributed by atoms with Gasteiger partial charge in [0, 0.05) is 4.91 Å². The number of nitrogens with zero attached hydrogens (tertiary/aromatic N) is 3. The molecule has 0 fully saturated rings. The van der Waals surface area contributed by atoms with E-state index < -0.39 is 3.79 Å². The van der Waals surface area contributed by atoms with Gasteiger partial charge in [0.05, 0.1) is 6.54 Å². The van der Waals surface area contributed by atoms with Gasteiger partial charge in [-0.2, -0.15) is 0 Å². The monoisotopic (exact) mass is 173 g/mol. The van der Waals surface area contributed by atoms with Crippen molar-refractivity contribution in [3.63, 3.8) is 0 Å². The predicted octanol–water partition coefficient (Wildman–Crippen LogP) is 2.67. The molecule has 0 rings (SSSR count). The summed E-state index contributed by atoms with van der Waals surface area (Å²) >= 11 is 15.5. The molecule has 0 aromatic heterocycles. The summed E-state index contributed by atoms with van der Waals surface area (Å²) in [6, 6.07) is 0. The highest BCUT2D eigenvalue weighted by Crippen LogP contribution is 2.25. The molecule has 0 amide bonds. The first-order valence-corrected chi connectivity index (χ1v) is 2.77. The van der Waals surface area contributed by atoms with E-state index in [2.05, 4.69) is 10.0 Å². The molecule has 0 saturated carbocycles. The predicted molar refractivity (Wildman–Crippen MR) is 34.3 cm³/mol. The Morgan fingerprint density at radius 2 is 2.00 bits per heavy atom. The molecule has 0 saturated heterocycles. The lowest BCUT2D eigenvalue weighted by atomic mass is 10.8. The van der Waals surface area contributed by atoms with Gasteiger partial charge in [0.2, 0.25) is 0 Å². The summed E-state index contributed by atoms with van der Waals surface area (Å²) in [5.74, 6) is 0. The number of halogens is 3. The largest absolute Gasteiger partial charge is 0.196 e. The third-order valence-electron chi connectivity index (χ3n) is 0.313. The average Bonchev–Trinajstić information content (AvgIpc) is 1.59. The minimum Gasteiger partial charge on any atom is -0.0895 e. The fourth-order valence-corrected chi connectivity index (χ4v) is 0.272. The lowest BCUT2D eigenvalue weighted by Crippen LogP contribution is -2.05. The molecular weight excluding hydrogens is 172 g/mol. The Morgan fingerprint density at radius 3 is 2.12 bits per heavy atom.